The normalized spacial score (nSPS) is 17.8. The zero-order valence-electron chi connectivity index (χ0n) is 22.7. The average molecular weight is 595 g/mol. The molecule has 0 unspecified atom stereocenters. The predicted octanol–water partition coefficient (Wildman–Crippen LogP) is 4.11. The zero-order chi connectivity index (χ0) is 30.3. The molecular weight excluding hydrogens is 565 g/mol. The molecule has 220 valence electrons. The molecule has 2 aromatic rings. The molecule has 2 aliphatic heterocycles. The average Bonchev–Trinajstić information content (AvgIpc) is 3.15. The zero-order valence-corrected chi connectivity index (χ0v) is 23.4. The van der Waals surface area contributed by atoms with E-state index in [0.717, 1.165) is 12.1 Å². The predicted molar refractivity (Wildman–Crippen MR) is 145 cm³/mol. The van der Waals surface area contributed by atoms with E-state index in [1.165, 1.54) is 12.1 Å². The van der Waals surface area contributed by atoms with Gasteiger partial charge in [0.25, 0.3) is 5.91 Å². The van der Waals surface area contributed by atoms with Crippen LogP contribution in [-0.2, 0) is 15.8 Å². The molecule has 1 atom stereocenters. The van der Waals surface area contributed by atoms with Gasteiger partial charge in [0.05, 0.1) is 17.8 Å². The van der Waals surface area contributed by atoms with Crippen LogP contribution >= 0.6 is 11.6 Å². The molecule has 2 aliphatic rings. The SMILES string of the molecule is CC(C)[C@@H](NC(=O)c1cc(Cl)cc(C(F)(F)F)c1)C(=O)N1CCC2(CC1)C(=O)N(C)CN2c1ccc(C(=O)O)cc1. The fourth-order valence-corrected chi connectivity index (χ4v) is 5.63. The molecule has 1 spiro atoms. The number of anilines is 1. The van der Waals surface area contributed by atoms with E-state index in [1.807, 2.05) is 4.90 Å². The quantitative estimate of drug-likeness (QED) is 0.521. The first-order valence-electron chi connectivity index (χ1n) is 13.0. The van der Waals surface area contributed by atoms with Crippen LogP contribution in [-0.4, -0.2) is 77.0 Å². The number of likely N-dealkylation sites (tertiary alicyclic amines) is 1. The molecule has 13 heteroatoms. The van der Waals surface area contributed by atoms with Crippen LogP contribution in [0.1, 0.15) is 53.0 Å². The number of piperidine rings is 1. The molecule has 41 heavy (non-hydrogen) atoms. The number of benzene rings is 2. The number of carbonyl (C=O) groups is 4. The summed E-state index contributed by atoms with van der Waals surface area (Å²) in [5, 5.41) is 11.5. The fraction of sp³-hybridized carbons (Fsp3) is 0.429. The minimum absolute atomic E-state index is 0.109. The van der Waals surface area contributed by atoms with Gasteiger partial charge in [-0.25, -0.2) is 4.79 Å². The highest BCUT2D eigenvalue weighted by Crippen LogP contribution is 2.39. The minimum Gasteiger partial charge on any atom is -0.478 e. The van der Waals surface area contributed by atoms with Gasteiger partial charge < -0.3 is 25.1 Å². The van der Waals surface area contributed by atoms with Crippen LogP contribution in [0.2, 0.25) is 5.02 Å². The molecule has 0 radical (unpaired) electrons. The van der Waals surface area contributed by atoms with E-state index in [2.05, 4.69) is 5.32 Å². The molecule has 4 rings (SSSR count). The van der Waals surface area contributed by atoms with Crippen molar-refractivity contribution in [3.05, 3.63) is 64.2 Å². The molecule has 9 nitrogen and oxygen atoms in total. The molecule has 0 saturated carbocycles. The number of nitrogens with zero attached hydrogens (tertiary/aromatic N) is 3. The number of halogens is 4. The topological polar surface area (TPSA) is 110 Å². The number of hydrogen-bond donors (Lipinski definition) is 2. The summed E-state index contributed by atoms with van der Waals surface area (Å²) >= 11 is 5.83. The van der Waals surface area contributed by atoms with Crippen molar-refractivity contribution in [2.75, 3.05) is 31.7 Å². The highest BCUT2D eigenvalue weighted by molar-refractivity contribution is 6.31. The van der Waals surface area contributed by atoms with Crippen molar-refractivity contribution in [2.24, 2.45) is 5.92 Å². The maximum atomic E-state index is 13.5. The third-order valence-electron chi connectivity index (χ3n) is 7.65. The number of alkyl halides is 3. The number of carbonyl (C=O) groups excluding carboxylic acids is 3. The fourth-order valence-electron chi connectivity index (χ4n) is 5.40. The summed E-state index contributed by atoms with van der Waals surface area (Å²) in [4.78, 5) is 56.1. The van der Waals surface area contributed by atoms with Crippen LogP contribution in [0, 0.1) is 5.92 Å². The van der Waals surface area contributed by atoms with Crippen LogP contribution in [0.4, 0.5) is 18.9 Å². The second-order valence-electron chi connectivity index (χ2n) is 10.7. The molecule has 3 amide bonds. The maximum Gasteiger partial charge on any atom is 0.416 e. The van der Waals surface area contributed by atoms with Gasteiger partial charge in [-0.2, -0.15) is 13.2 Å². The summed E-state index contributed by atoms with van der Waals surface area (Å²) in [5.41, 5.74) is -1.51. The monoisotopic (exact) mass is 594 g/mol. The number of rotatable bonds is 6. The second kappa shape index (κ2) is 11.2. The third-order valence-corrected chi connectivity index (χ3v) is 7.87. The summed E-state index contributed by atoms with van der Waals surface area (Å²) in [7, 11) is 1.68. The van der Waals surface area contributed by atoms with Crippen LogP contribution in [0.3, 0.4) is 0 Å². The Labute approximate surface area is 239 Å². The first-order chi connectivity index (χ1) is 19.1. The Hall–Kier alpha value is -3.80. The number of carboxylic acid groups (broad SMARTS) is 1. The molecule has 2 saturated heterocycles. The van der Waals surface area contributed by atoms with Gasteiger partial charge >= 0.3 is 12.1 Å². The van der Waals surface area contributed by atoms with Crippen molar-refractivity contribution in [1.29, 1.82) is 0 Å². The lowest BCUT2D eigenvalue weighted by molar-refractivity contribution is -0.139. The number of nitrogens with one attached hydrogen (secondary N) is 1. The van der Waals surface area contributed by atoms with E-state index in [1.54, 1.807) is 42.8 Å². The Bertz CT molecular complexity index is 1360. The number of hydrogen-bond acceptors (Lipinski definition) is 5. The molecular formula is C28H30ClF3N4O5. The molecule has 2 N–H and O–H groups in total. The van der Waals surface area contributed by atoms with Crippen LogP contribution in [0.5, 0.6) is 0 Å². The van der Waals surface area contributed by atoms with E-state index in [4.69, 9.17) is 11.6 Å². The Morgan fingerprint density at radius 3 is 2.17 bits per heavy atom. The van der Waals surface area contributed by atoms with Crippen molar-refractivity contribution in [3.63, 3.8) is 0 Å². The molecule has 2 aromatic carbocycles. The number of carboxylic acids is 1. The Morgan fingerprint density at radius 1 is 1.02 bits per heavy atom. The maximum absolute atomic E-state index is 13.5. The third kappa shape index (κ3) is 5.97. The smallest absolute Gasteiger partial charge is 0.416 e. The van der Waals surface area contributed by atoms with Gasteiger partial charge in [0.15, 0.2) is 0 Å². The Morgan fingerprint density at radius 2 is 1.63 bits per heavy atom. The summed E-state index contributed by atoms with van der Waals surface area (Å²) < 4.78 is 39.7. The molecule has 0 aromatic heterocycles. The Balaban J connectivity index is 1.50. The number of amides is 3. The molecule has 2 heterocycles. The molecule has 0 aliphatic carbocycles. The summed E-state index contributed by atoms with van der Waals surface area (Å²) in [6.45, 7) is 4.13. The Kier molecular flexibility index (Phi) is 8.26. The first-order valence-corrected chi connectivity index (χ1v) is 13.4. The van der Waals surface area contributed by atoms with Gasteiger partial charge in [0.2, 0.25) is 11.8 Å². The first kappa shape index (κ1) is 30.2. The summed E-state index contributed by atoms with van der Waals surface area (Å²) in [6.07, 6.45) is -4.11. The summed E-state index contributed by atoms with van der Waals surface area (Å²) in [6, 6.07) is 7.75. The van der Waals surface area contributed by atoms with E-state index in [0.29, 0.717) is 31.3 Å². The highest BCUT2D eigenvalue weighted by Gasteiger charge is 2.53. The van der Waals surface area contributed by atoms with E-state index in [-0.39, 0.29) is 41.1 Å². The largest absolute Gasteiger partial charge is 0.478 e. The highest BCUT2D eigenvalue weighted by atomic mass is 35.5. The van der Waals surface area contributed by atoms with Crippen molar-refractivity contribution in [3.8, 4) is 0 Å². The van der Waals surface area contributed by atoms with E-state index in [9.17, 15) is 37.5 Å². The lowest BCUT2D eigenvalue weighted by Gasteiger charge is -2.44. The minimum atomic E-state index is -4.70. The van der Waals surface area contributed by atoms with Crippen molar-refractivity contribution < 1.29 is 37.5 Å². The summed E-state index contributed by atoms with van der Waals surface area (Å²) in [5.74, 6) is -2.82. The van der Waals surface area contributed by atoms with Gasteiger partial charge in [-0.1, -0.05) is 25.4 Å². The van der Waals surface area contributed by atoms with Gasteiger partial charge in [0, 0.05) is 36.4 Å². The van der Waals surface area contributed by atoms with Crippen LogP contribution < -0.4 is 10.2 Å². The molecule has 2 fully saturated rings. The van der Waals surface area contributed by atoms with Gasteiger partial charge in [-0.05, 0) is 61.2 Å². The van der Waals surface area contributed by atoms with Gasteiger partial charge in [-0.15, -0.1) is 0 Å². The van der Waals surface area contributed by atoms with Crippen molar-refractivity contribution in [1.82, 2.24) is 15.1 Å². The van der Waals surface area contributed by atoms with Gasteiger partial charge in [-0.3, -0.25) is 14.4 Å². The lowest BCUT2D eigenvalue weighted by atomic mass is 9.85. The molecule has 0 bridgehead atoms. The van der Waals surface area contributed by atoms with Crippen molar-refractivity contribution >= 4 is 41.0 Å². The van der Waals surface area contributed by atoms with Crippen LogP contribution in [0.15, 0.2) is 42.5 Å². The van der Waals surface area contributed by atoms with E-state index >= 15 is 0 Å². The van der Waals surface area contributed by atoms with Gasteiger partial charge in [0.1, 0.15) is 11.6 Å². The number of likely N-dealkylation sites (N-methyl/N-ethyl adjacent to an activating group) is 1. The standard InChI is InChI=1S/C28H30ClF3N4O5/c1-16(2)22(33-23(37)18-12-19(28(30,31)32)14-20(29)13-18)24(38)35-10-8-27(9-11-35)26(41)34(3)15-36(27)21-6-4-17(5-7-21)25(39)40/h4-7,12-14,16,22H,8-11,15H2,1-3H3,(H,33,37)(H,39,40)/t22-/m1/s1. The lowest BCUT2D eigenvalue weighted by Crippen LogP contribution is -2.60. The van der Waals surface area contributed by atoms with E-state index < -0.39 is 41.1 Å². The van der Waals surface area contributed by atoms with Crippen molar-refractivity contribution in [2.45, 2.75) is 44.4 Å². The number of aromatic carboxylic acids is 1. The van der Waals surface area contributed by atoms with Crippen LogP contribution in [0.25, 0.3) is 0 Å². The second-order valence-corrected chi connectivity index (χ2v) is 11.1.